The van der Waals surface area contributed by atoms with Gasteiger partial charge in [-0.1, -0.05) is 6.07 Å². The van der Waals surface area contributed by atoms with E-state index in [0.717, 1.165) is 10.5 Å². The Balaban J connectivity index is 2.57. The molecule has 0 aliphatic rings. The van der Waals surface area contributed by atoms with Crippen LogP contribution in [-0.4, -0.2) is 18.3 Å². The van der Waals surface area contributed by atoms with Gasteiger partial charge in [0.05, 0.1) is 12.4 Å². The highest BCUT2D eigenvalue weighted by molar-refractivity contribution is 8.00. The molecular weight excluding hydrogens is 210 g/mol. The van der Waals surface area contributed by atoms with Crippen molar-refractivity contribution < 1.29 is 9.53 Å². The monoisotopic (exact) mass is 225 g/mol. The summed E-state index contributed by atoms with van der Waals surface area (Å²) in [5, 5.41) is 0. The maximum Gasteiger partial charge on any atom is 0.316 e. The number of nitrogen functional groups attached to an aromatic ring is 1. The molecule has 1 aromatic carbocycles. The number of ether oxygens (including phenoxy) is 1. The molecule has 0 saturated heterocycles. The molecule has 0 heterocycles. The van der Waals surface area contributed by atoms with Crippen LogP contribution in [0.3, 0.4) is 0 Å². The summed E-state index contributed by atoms with van der Waals surface area (Å²) >= 11 is 1.41. The van der Waals surface area contributed by atoms with E-state index in [1.807, 2.05) is 25.1 Å². The van der Waals surface area contributed by atoms with Crippen LogP contribution in [0.25, 0.3) is 0 Å². The standard InChI is InChI=1S/C11H15NO2S/c1-3-14-11(13)7-15-10-6-8(2)4-5-9(10)12/h4-6H,3,7,12H2,1-2H3. The Labute approximate surface area is 94.0 Å². The number of rotatable bonds is 4. The number of hydrogen-bond acceptors (Lipinski definition) is 4. The molecule has 0 aromatic heterocycles. The molecule has 0 aliphatic carbocycles. The van der Waals surface area contributed by atoms with Crippen molar-refractivity contribution in [2.75, 3.05) is 18.1 Å². The minimum Gasteiger partial charge on any atom is -0.465 e. The molecule has 15 heavy (non-hydrogen) atoms. The van der Waals surface area contributed by atoms with Crippen LogP contribution in [0, 0.1) is 6.92 Å². The van der Waals surface area contributed by atoms with Gasteiger partial charge in [0.25, 0.3) is 0 Å². The second-order valence-corrected chi connectivity index (χ2v) is 4.15. The molecule has 0 radical (unpaired) electrons. The van der Waals surface area contributed by atoms with E-state index in [1.165, 1.54) is 11.8 Å². The number of benzene rings is 1. The lowest BCUT2D eigenvalue weighted by molar-refractivity contribution is -0.139. The van der Waals surface area contributed by atoms with Gasteiger partial charge in [-0.05, 0) is 31.5 Å². The van der Waals surface area contributed by atoms with E-state index >= 15 is 0 Å². The fourth-order valence-electron chi connectivity index (χ4n) is 1.11. The van der Waals surface area contributed by atoms with Gasteiger partial charge in [0.15, 0.2) is 0 Å². The maximum atomic E-state index is 11.1. The fraction of sp³-hybridized carbons (Fsp3) is 0.364. The van der Waals surface area contributed by atoms with Crippen LogP contribution in [0.2, 0.25) is 0 Å². The number of anilines is 1. The van der Waals surface area contributed by atoms with Gasteiger partial charge in [-0.15, -0.1) is 11.8 Å². The maximum absolute atomic E-state index is 11.1. The van der Waals surface area contributed by atoms with Crippen LogP contribution in [0.15, 0.2) is 23.1 Å². The van der Waals surface area contributed by atoms with Crippen LogP contribution < -0.4 is 5.73 Å². The predicted molar refractivity (Wildman–Crippen MR) is 62.9 cm³/mol. The Morgan fingerprint density at radius 3 is 2.93 bits per heavy atom. The summed E-state index contributed by atoms with van der Waals surface area (Å²) in [7, 11) is 0. The van der Waals surface area contributed by atoms with E-state index in [1.54, 1.807) is 6.92 Å². The number of hydrogen-bond donors (Lipinski definition) is 1. The number of aryl methyl sites for hydroxylation is 1. The van der Waals surface area contributed by atoms with E-state index in [-0.39, 0.29) is 5.97 Å². The fourth-order valence-corrected chi connectivity index (χ4v) is 1.97. The zero-order valence-corrected chi connectivity index (χ0v) is 9.76. The molecule has 82 valence electrons. The molecule has 0 bridgehead atoms. The summed E-state index contributed by atoms with van der Waals surface area (Å²) in [6.07, 6.45) is 0. The van der Waals surface area contributed by atoms with Gasteiger partial charge in [0.1, 0.15) is 0 Å². The van der Waals surface area contributed by atoms with Gasteiger partial charge < -0.3 is 10.5 Å². The topological polar surface area (TPSA) is 52.3 Å². The third-order valence-electron chi connectivity index (χ3n) is 1.82. The molecule has 0 fully saturated rings. The van der Waals surface area contributed by atoms with E-state index < -0.39 is 0 Å². The third-order valence-corrected chi connectivity index (χ3v) is 2.86. The van der Waals surface area contributed by atoms with Crippen LogP contribution in [0.4, 0.5) is 5.69 Å². The first-order chi connectivity index (χ1) is 7.13. The van der Waals surface area contributed by atoms with Gasteiger partial charge in [0, 0.05) is 10.6 Å². The van der Waals surface area contributed by atoms with Gasteiger partial charge in [-0.2, -0.15) is 0 Å². The average Bonchev–Trinajstić information content (AvgIpc) is 2.20. The third kappa shape index (κ3) is 3.83. The van der Waals surface area contributed by atoms with Crippen LogP contribution >= 0.6 is 11.8 Å². The van der Waals surface area contributed by atoms with Crippen molar-refractivity contribution in [3.05, 3.63) is 23.8 Å². The van der Waals surface area contributed by atoms with Crippen molar-refractivity contribution in [1.29, 1.82) is 0 Å². The quantitative estimate of drug-likeness (QED) is 0.485. The Morgan fingerprint density at radius 1 is 1.53 bits per heavy atom. The summed E-state index contributed by atoms with van der Waals surface area (Å²) in [6, 6.07) is 5.77. The zero-order chi connectivity index (χ0) is 11.3. The van der Waals surface area contributed by atoms with Crippen molar-refractivity contribution >= 4 is 23.4 Å². The molecular formula is C11H15NO2S. The summed E-state index contributed by atoms with van der Waals surface area (Å²) in [5.74, 6) is 0.102. The SMILES string of the molecule is CCOC(=O)CSc1cc(C)ccc1N. The Bertz CT molecular complexity index is 352. The first-order valence-corrected chi connectivity index (χ1v) is 5.76. The van der Waals surface area contributed by atoms with E-state index in [0.29, 0.717) is 18.0 Å². The predicted octanol–water partition coefficient (Wildman–Crippen LogP) is 2.23. The Hall–Kier alpha value is -1.16. The summed E-state index contributed by atoms with van der Waals surface area (Å²) in [5.41, 5.74) is 7.62. The normalized spacial score (nSPS) is 10.0. The summed E-state index contributed by atoms with van der Waals surface area (Å²) in [4.78, 5) is 12.1. The Kier molecular flexibility index (Phi) is 4.49. The van der Waals surface area contributed by atoms with E-state index in [2.05, 4.69) is 0 Å². The van der Waals surface area contributed by atoms with Gasteiger partial charge in [0.2, 0.25) is 0 Å². The average molecular weight is 225 g/mol. The first kappa shape index (κ1) is 11.9. The lowest BCUT2D eigenvalue weighted by Crippen LogP contribution is -2.06. The molecule has 0 aliphatic heterocycles. The molecule has 0 amide bonds. The number of nitrogens with two attached hydrogens (primary N) is 1. The smallest absolute Gasteiger partial charge is 0.316 e. The largest absolute Gasteiger partial charge is 0.465 e. The van der Waals surface area contributed by atoms with Gasteiger partial charge in [-0.3, -0.25) is 4.79 Å². The minimum atomic E-state index is -0.205. The zero-order valence-electron chi connectivity index (χ0n) is 8.95. The highest BCUT2D eigenvalue weighted by Crippen LogP contribution is 2.25. The second-order valence-electron chi connectivity index (χ2n) is 3.13. The van der Waals surface area contributed by atoms with E-state index in [9.17, 15) is 4.79 Å². The molecule has 1 rings (SSSR count). The molecule has 0 saturated carbocycles. The summed E-state index contributed by atoms with van der Waals surface area (Å²) in [6.45, 7) is 4.21. The molecule has 0 spiro atoms. The number of esters is 1. The Morgan fingerprint density at radius 2 is 2.27 bits per heavy atom. The highest BCUT2D eigenvalue weighted by atomic mass is 32.2. The second kappa shape index (κ2) is 5.66. The number of carbonyl (C=O) groups excluding carboxylic acids is 1. The molecule has 0 atom stereocenters. The highest BCUT2D eigenvalue weighted by Gasteiger charge is 2.05. The molecule has 0 unspecified atom stereocenters. The lowest BCUT2D eigenvalue weighted by atomic mass is 10.2. The van der Waals surface area contributed by atoms with Crippen LogP contribution in [0.5, 0.6) is 0 Å². The number of carbonyl (C=O) groups is 1. The van der Waals surface area contributed by atoms with Crippen molar-refractivity contribution in [3.8, 4) is 0 Å². The van der Waals surface area contributed by atoms with Gasteiger partial charge >= 0.3 is 5.97 Å². The summed E-state index contributed by atoms with van der Waals surface area (Å²) < 4.78 is 4.83. The van der Waals surface area contributed by atoms with E-state index in [4.69, 9.17) is 10.5 Å². The first-order valence-electron chi connectivity index (χ1n) is 4.78. The number of thioether (sulfide) groups is 1. The minimum absolute atomic E-state index is 0.205. The van der Waals surface area contributed by atoms with Crippen LogP contribution in [-0.2, 0) is 9.53 Å². The van der Waals surface area contributed by atoms with Gasteiger partial charge in [-0.25, -0.2) is 0 Å². The van der Waals surface area contributed by atoms with Crippen molar-refractivity contribution in [1.82, 2.24) is 0 Å². The van der Waals surface area contributed by atoms with Crippen molar-refractivity contribution in [2.24, 2.45) is 0 Å². The molecule has 4 heteroatoms. The molecule has 1 aromatic rings. The molecule has 3 nitrogen and oxygen atoms in total. The van der Waals surface area contributed by atoms with Crippen molar-refractivity contribution in [2.45, 2.75) is 18.7 Å². The van der Waals surface area contributed by atoms with Crippen LogP contribution in [0.1, 0.15) is 12.5 Å². The van der Waals surface area contributed by atoms with Crippen molar-refractivity contribution in [3.63, 3.8) is 0 Å². The lowest BCUT2D eigenvalue weighted by Gasteiger charge is -2.06. The molecule has 2 N–H and O–H groups in total.